The molecule has 1 saturated heterocycles. The first-order valence-electron chi connectivity index (χ1n) is 8.58. The zero-order valence-corrected chi connectivity index (χ0v) is 15.8. The fourth-order valence-electron chi connectivity index (χ4n) is 2.77. The highest BCUT2D eigenvalue weighted by Crippen LogP contribution is 2.16. The molecule has 1 heterocycles. The highest BCUT2D eigenvalue weighted by molar-refractivity contribution is 5.91. The molecule has 0 N–H and O–H groups in total. The largest absolute Gasteiger partial charge is 0.465 e. The van der Waals surface area contributed by atoms with E-state index in [9.17, 15) is 9.59 Å². The number of aryl methyl sites for hydroxylation is 1. The van der Waals surface area contributed by atoms with Gasteiger partial charge in [-0.15, -0.1) is 0 Å². The van der Waals surface area contributed by atoms with Gasteiger partial charge in [0.15, 0.2) is 0 Å². The van der Waals surface area contributed by atoms with Crippen molar-refractivity contribution in [3.63, 3.8) is 0 Å². The van der Waals surface area contributed by atoms with Crippen LogP contribution in [0.15, 0.2) is 18.2 Å². The summed E-state index contributed by atoms with van der Waals surface area (Å²) in [6.07, 6.45) is -0.254. The molecule has 25 heavy (non-hydrogen) atoms. The van der Waals surface area contributed by atoms with Gasteiger partial charge >= 0.3 is 12.1 Å². The number of esters is 1. The summed E-state index contributed by atoms with van der Waals surface area (Å²) in [7, 11) is 1.39. The van der Waals surface area contributed by atoms with E-state index in [4.69, 9.17) is 9.47 Å². The zero-order valence-electron chi connectivity index (χ0n) is 15.8. The van der Waals surface area contributed by atoms with Crippen LogP contribution < -0.4 is 0 Å². The average Bonchev–Trinajstić information content (AvgIpc) is 2.55. The quantitative estimate of drug-likeness (QED) is 0.786. The number of carbonyl (C=O) groups excluding carboxylic acids is 2. The summed E-state index contributed by atoms with van der Waals surface area (Å²) in [4.78, 5) is 27.9. The third kappa shape index (κ3) is 5.46. The molecule has 0 unspecified atom stereocenters. The summed E-state index contributed by atoms with van der Waals surface area (Å²) < 4.78 is 10.2. The lowest BCUT2D eigenvalue weighted by atomic mass is 10.0. The van der Waals surface area contributed by atoms with E-state index in [0.717, 1.165) is 30.8 Å². The number of hydrogen-bond acceptors (Lipinski definition) is 5. The second kappa shape index (κ2) is 7.87. The summed E-state index contributed by atoms with van der Waals surface area (Å²) in [6.45, 7) is 11.1. The maximum Gasteiger partial charge on any atom is 0.410 e. The van der Waals surface area contributed by atoms with Gasteiger partial charge in [-0.05, 0) is 44.9 Å². The Labute approximate surface area is 149 Å². The van der Waals surface area contributed by atoms with Crippen LogP contribution in [0.3, 0.4) is 0 Å². The summed E-state index contributed by atoms with van der Waals surface area (Å²) in [5, 5.41) is 0. The van der Waals surface area contributed by atoms with E-state index in [-0.39, 0.29) is 12.1 Å². The van der Waals surface area contributed by atoms with Crippen molar-refractivity contribution in [2.45, 2.75) is 39.8 Å². The number of benzene rings is 1. The zero-order chi connectivity index (χ0) is 18.6. The lowest BCUT2D eigenvalue weighted by Crippen LogP contribution is -2.49. The van der Waals surface area contributed by atoms with Crippen LogP contribution in [-0.2, 0) is 16.0 Å². The van der Waals surface area contributed by atoms with E-state index in [1.165, 1.54) is 7.11 Å². The first-order valence-corrected chi connectivity index (χ1v) is 8.58. The predicted molar refractivity (Wildman–Crippen MR) is 95.6 cm³/mol. The molecule has 0 radical (unpaired) electrons. The molecule has 0 bridgehead atoms. The van der Waals surface area contributed by atoms with Crippen LogP contribution >= 0.6 is 0 Å². The van der Waals surface area contributed by atoms with Crippen LogP contribution in [0.1, 0.15) is 42.3 Å². The maximum atomic E-state index is 12.1. The van der Waals surface area contributed by atoms with Crippen LogP contribution in [-0.4, -0.2) is 60.8 Å². The van der Waals surface area contributed by atoms with Crippen molar-refractivity contribution in [2.75, 3.05) is 33.3 Å². The Morgan fingerprint density at radius 2 is 1.76 bits per heavy atom. The third-order valence-corrected chi connectivity index (χ3v) is 4.14. The average molecular weight is 348 g/mol. The van der Waals surface area contributed by atoms with E-state index < -0.39 is 5.60 Å². The van der Waals surface area contributed by atoms with Crippen LogP contribution in [0.25, 0.3) is 0 Å². The summed E-state index contributed by atoms with van der Waals surface area (Å²) >= 11 is 0. The standard InChI is InChI=1S/C19H28N2O4/c1-14-6-7-15(12-16(14)17(22)24-5)13-20-8-10-21(11-9-20)18(23)25-19(2,3)4/h6-7,12H,8-11,13H2,1-5H3. The second-order valence-electron chi connectivity index (χ2n) is 7.38. The number of hydrogen-bond donors (Lipinski definition) is 0. The number of rotatable bonds is 3. The Morgan fingerprint density at radius 1 is 1.12 bits per heavy atom. The monoisotopic (exact) mass is 348 g/mol. The molecule has 0 saturated carbocycles. The Bertz CT molecular complexity index is 629. The Hall–Kier alpha value is -2.08. The van der Waals surface area contributed by atoms with Gasteiger partial charge in [0.05, 0.1) is 12.7 Å². The number of amides is 1. The topological polar surface area (TPSA) is 59.1 Å². The second-order valence-corrected chi connectivity index (χ2v) is 7.38. The van der Waals surface area contributed by atoms with Crippen molar-refractivity contribution in [1.82, 2.24) is 9.80 Å². The summed E-state index contributed by atoms with van der Waals surface area (Å²) in [5.74, 6) is -0.311. The molecule has 1 aliphatic rings. The van der Waals surface area contributed by atoms with Gasteiger partial charge in [0.25, 0.3) is 0 Å². The minimum atomic E-state index is -0.472. The Kier molecular flexibility index (Phi) is 6.06. The molecule has 1 fully saturated rings. The van der Waals surface area contributed by atoms with Gasteiger partial charge in [-0.2, -0.15) is 0 Å². The van der Waals surface area contributed by atoms with E-state index >= 15 is 0 Å². The van der Waals surface area contributed by atoms with Gasteiger partial charge < -0.3 is 14.4 Å². The van der Waals surface area contributed by atoms with E-state index in [0.29, 0.717) is 18.7 Å². The molecule has 0 aromatic heterocycles. The lowest BCUT2D eigenvalue weighted by molar-refractivity contribution is 0.0138. The van der Waals surface area contributed by atoms with Crippen LogP contribution in [0.4, 0.5) is 4.79 Å². The fourth-order valence-corrected chi connectivity index (χ4v) is 2.77. The van der Waals surface area contributed by atoms with Gasteiger partial charge in [-0.3, -0.25) is 4.90 Å². The van der Waals surface area contributed by atoms with Gasteiger partial charge in [0.2, 0.25) is 0 Å². The van der Waals surface area contributed by atoms with Crippen LogP contribution in [0, 0.1) is 6.92 Å². The maximum absolute atomic E-state index is 12.1. The van der Waals surface area contributed by atoms with Gasteiger partial charge in [-0.25, -0.2) is 9.59 Å². The molecular weight excluding hydrogens is 320 g/mol. The third-order valence-electron chi connectivity index (χ3n) is 4.14. The van der Waals surface area contributed by atoms with Gasteiger partial charge in [-0.1, -0.05) is 12.1 Å². The molecule has 1 aromatic carbocycles. The molecule has 0 spiro atoms. The van der Waals surface area contributed by atoms with Crippen molar-refractivity contribution >= 4 is 12.1 Å². The van der Waals surface area contributed by atoms with Crippen molar-refractivity contribution in [3.05, 3.63) is 34.9 Å². The van der Waals surface area contributed by atoms with Crippen molar-refractivity contribution in [3.8, 4) is 0 Å². The molecule has 138 valence electrons. The van der Waals surface area contributed by atoms with Crippen molar-refractivity contribution in [2.24, 2.45) is 0 Å². The highest BCUT2D eigenvalue weighted by Gasteiger charge is 2.25. The number of methoxy groups -OCH3 is 1. The van der Waals surface area contributed by atoms with Gasteiger partial charge in [0, 0.05) is 32.7 Å². The van der Waals surface area contributed by atoms with Crippen molar-refractivity contribution < 1.29 is 19.1 Å². The minimum Gasteiger partial charge on any atom is -0.465 e. The normalized spacial score (nSPS) is 15.8. The molecule has 1 aromatic rings. The van der Waals surface area contributed by atoms with Crippen LogP contribution in [0.2, 0.25) is 0 Å². The van der Waals surface area contributed by atoms with E-state index in [2.05, 4.69) is 4.90 Å². The number of nitrogens with zero attached hydrogens (tertiary/aromatic N) is 2. The summed E-state index contributed by atoms with van der Waals surface area (Å²) in [5.41, 5.74) is 2.11. The molecule has 0 aliphatic carbocycles. The molecule has 1 amide bonds. The molecule has 0 atom stereocenters. The van der Waals surface area contributed by atoms with Crippen LogP contribution in [0.5, 0.6) is 0 Å². The first-order chi connectivity index (χ1) is 11.7. The van der Waals surface area contributed by atoms with Crippen molar-refractivity contribution in [1.29, 1.82) is 0 Å². The molecule has 2 rings (SSSR count). The van der Waals surface area contributed by atoms with Gasteiger partial charge in [0.1, 0.15) is 5.60 Å². The molecule has 1 aliphatic heterocycles. The smallest absolute Gasteiger partial charge is 0.410 e. The summed E-state index contributed by atoms with van der Waals surface area (Å²) in [6, 6.07) is 5.86. The molecule has 6 heteroatoms. The number of ether oxygens (including phenoxy) is 2. The number of piperazine rings is 1. The van der Waals surface area contributed by atoms with E-state index in [1.807, 2.05) is 45.9 Å². The SMILES string of the molecule is COC(=O)c1cc(CN2CCN(C(=O)OC(C)(C)C)CC2)ccc1C. The minimum absolute atomic E-state index is 0.254. The number of carbonyl (C=O) groups is 2. The Balaban J connectivity index is 1.92. The Morgan fingerprint density at radius 3 is 2.32 bits per heavy atom. The molecule has 6 nitrogen and oxygen atoms in total. The van der Waals surface area contributed by atoms with E-state index in [1.54, 1.807) is 4.90 Å². The molecular formula is C19H28N2O4. The fraction of sp³-hybridized carbons (Fsp3) is 0.579. The predicted octanol–water partition coefficient (Wildman–Crippen LogP) is 2.83. The highest BCUT2D eigenvalue weighted by atomic mass is 16.6. The first kappa shape index (κ1) is 19.2. The lowest BCUT2D eigenvalue weighted by Gasteiger charge is -2.35.